The van der Waals surface area contributed by atoms with E-state index in [4.69, 9.17) is 27.5 Å². The molecule has 1 aromatic rings. The number of nitrogens with one attached hydrogen (secondary N) is 4. The summed E-state index contributed by atoms with van der Waals surface area (Å²) < 4.78 is 5.60. The predicted octanol–water partition coefficient (Wildman–Crippen LogP) is 1.51. The van der Waals surface area contributed by atoms with Gasteiger partial charge in [0.1, 0.15) is 23.1 Å². The van der Waals surface area contributed by atoms with Crippen LogP contribution in [0.15, 0.2) is 28.8 Å². The lowest BCUT2D eigenvalue weighted by Gasteiger charge is -2.17. The second-order valence-electron chi connectivity index (χ2n) is 6.64. The van der Waals surface area contributed by atoms with Crippen molar-refractivity contribution in [1.29, 1.82) is 5.41 Å². The topological polar surface area (TPSA) is 124 Å². The normalized spacial score (nSPS) is 11.8. The fourth-order valence-corrected chi connectivity index (χ4v) is 2.42. The third-order valence-corrected chi connectivity index (χ3v) is 4.16. The SMILES string of the molecule is C=NC(=N)/C(N)=C(\NCNCCCC)NCc1cnc(OCCN(C)C)c(Cl)c1. The number of pyridine rings is 1. The molecule has 1 rings (SSSR count). The van der Waals surface area contributed by atoms with E-state index in [1.165, 1.54) is 0 Å². The van der Waals surface area contributed by atoms with Crippen molar-refractivity contribution in [3.63, 3.8) is 0 Å². The lowest BCUT2D eigenvalue weighted by Crippen LogP contribution is -2.37. The lowest BCUT2D eigenvalue weighted by molar-refractivity contribution is 0.254. The molecule has 0 spiro atoms. The quantitative estimate of drug-likeness (QED) is 0.133. The number of halogens is 1. The predicted molar refractivity (Wildman–Crippen MR) is 120 cm³/mol. The molecule has 0 aliphatic heterocycles. The second kappa shape index (κ2) is 13.8. The number of nitrogens with zero attached hydrogens (tertiary/aromatic N) is 3. The van der Waals surface area contributed by atoms with E-state index in [0.29, 0.717) is 36.5 Å². The number of amidine groups is 1. The summed E-state index contributed by atoms with van der Waals surface area (Å²) in [6.07, 6.45) is 3.89. The number of unbranched alkanes of at least 4 members (excludes halogenated alkanes) is 1. The van der Waals surface area contributed by atoms with Crippen LogP contribution in [-0.2, 0) is 6.54 Å². The molecule has 1 heterocycles. The number of hydrogen-bond acceptors (Lipinski definition) is 8. The molecule has 6 N–H and O–H groups in total. The van der Waals surface area contributed by atoms with Gasteiger partial charge in [0, 0.05) is 19.3 Å². The fourth-order valence-electron chi connectivity index (χ4n) is 2.18. The summed E-state index contributed by atoms with van der Waals surface area (Å²) in [5.74, 6) is 0.798. The minimum Gasteiger partial charge on any atom is -0.475 e. The van der Waals surface area contributed by atoms with Crippen LogP contribution in [0.1, 0.15) is 25.3 Å². The van der Waals surface area contributed by atoms with Gasteiger partial charge in [0.2, 0.25) is 5.88 Å². The van der Waals surface area contributed by atoms with E-state index in [2.05, 4.69) is 39.6 Å². The Bertz CT molecular complexity index is 693. The Balaban J connectivity index is 2.71. The summed E-state index contributed by atoms with van der Waals surface area (Å²) in [5.41, 5.74) is 7.04. The van der Waals surface area contributed by atoms with Gasteiger partial charge < -0.3 is 31.3 Å². The molecular weight excluding hydrogens is 392 g/mol. The zero-order chi connectivity index (χ0) is 21.6. The zero-order valence-electron chi connectivity index (χ0n) is 17.5. The van der Waals surface area contributed by atoms with Crippen molar-refractivity contribution >= 4 is 24.2 Å². The van der Waals surface area contributed by atoms with E-state index < -0.39 is 0 Å². The van der Waals surface area contributed by atoms with E-state index in [9.17, 15) is 0 Å². The fraction of sp³-hybridized carbons (Fsp3) is 0.526. The first-order chi connectivity index (χ1) is 13.9. The van der Waals surface area contributed by atoms with Crippen molar-refractivity contribution in [2.75, 3.05) is 40.5 Å². The summed E-state index contributed by atoms with van der Waals surface area (Å²) in [6, 6.07) is 1.79. The Morgan fingerprint density at radius 1 is 1.41 bits per heavy atom. The first kappa shape index (κ1) is 24.7. The largest absolute Gasteiger partial charge is 0.475 e. The third-order valence-electron chi connectivity index (χ3n) is 3.89. The van der Waals surface area contributed by atoms with Gasteiger partial charge in [-0.3, -0.25) is 5.41 Å². The van der Waals surface area contributed by atoms with Crippen LogP contribution in [0.25, 0.3) is 0 Å². The summed E-state index contributed by atoms with van der Waals surface area (Å²) in [7, 11) is 3.94. The highest BCUT2D eigenvalue weighted by Crippen LogP contribution is 2.22. The molecule has 0 aromatic carbocycles. The van der Waals surface area contributed by atoms with Gasteiger partial charge in [0.25, 0.3) is 0 Å². The number of likely N-dealkylation sites (N-methyl/N-ethyl adjacent to an activating group) is 1. The average Bonchev–Trinajstić information content (AvgIpc) is 2.70. The maximum Gasteiger partial charge on any atom is 0.232 e. The Morgan fingerprint density at radius 2 is 2.17 bits per heavy atom. The van der Waals surface area contributed by atoms with Gasteiger partial charge in [-0.1, -0.05) is 24.9 Å². The summed E-state index contributed by atoms with van der Waals surface area (Å²) in [4.78, 5) is 9.88. The van der Waals surface area contributed by atoms with Crippen LogP contribution >= 0.6 is 11.6 Å². The number of ether oxygens (including phenoxy) is 1. The zero-order valence-corrected chi connectivity index (χ0v) is 18.3. The van der Waals surface area contributed by atoms with Crippen LogP contribution < -0.4 is 26.4 Å². The Labute approximate surface area is 178 Å². The molecule has 29 heavy (non-hydrogen) atoms. The van der Waals surface area contributed by atoms with Crippen LogP contribution in [-0.4, -0.2) is 62.9 Å². The Hall–Kier alpha value is -2.36. The molecule has 0 saturated heterocycles. The molecule has 162 valence electrons. The van der Waals surface area contributed by atoms with Crippen molar-refractivity contribution in [3.8, 4) is 5.88 Å². The maximum atomic E-state index is 7.79. The molecule has 0 atom stereocenters. The van der Waals surface area contributed by atoms with Gasteiger partial charge in [-0.15, -0.1) is 0 Å². The van der Waals surface area contributed by atoms with Crippen molar-refractivity contribution in [1.82, 2.24) is 25.8 Å². The monoisotopic (exact) mass is 424 g/mol. The van der Waals surface area contributed by atoms with Crippen LogP contribution in [0.4, 0.5) is 0 Å². The van der Waals surface area contributed by atoms with E-state index in [-0.39, 0.29) is 11.5 Å². The van der Waals surface area contributed by atoms with Crippen LogP contribution in [0.5, 0.6) is 5.88 Å². The van der Waals surface area contributed by atoms with Gasteiger partial charge in [0.15, 0.2) is 5.84 Å². The van der Waals surface area contributed by atoms with Crippen molar-refractivity contribution in [2.45, 2.75) is 26.3 Å². The van der Waals surface area contributed by atoms with Crippen LogP contribution in [0.2, 0.25) is 5.02 Å². The molecule has 0 amide bonds. The number of hydrogen-bond donors (Lipinski definition) is 5. The number of aliphatic imine (C=N–C) groups is 1. The molecule has 0 aliphatic rings. The number of rotatable bonds is 14. The van der Waals surface area contributed by atoms with E-state index in [1.54, 1.807) is 12.3 Å². The molecule has 0 fully saturated rings. The number of nitrogens with two attached hydrogens (primary N) is 1. The molecule has 0 aliphatic carbocycles. The summed E-state index contributed by atoms with van der Waals surface area (Å²) >= 11 is 6.28. The van der Waals surface area contributed by atoms with Gasteiger partial charge in [0.05, 0.1) is 6.67 Å². The minimum atomic E-state index is -0.102. The molecule has 10 heteroatoms. The Morgan fingerprint density at radius 3 is 2.79 bits per heavy atom. The molecule has 0 unspecified atom stereocenters. The molecule has 0 saturated carbocycles. The van der Waals surface area contributed by atoms with Gasteiger partial charge in [-0.05, 0) is 45.4 Å². The average molecular weight is 425 g/mol. The molecule has 1 aromatic heterocycles. The maximum absolute atomic E-state index is 7.79. The molecular formula is C19H33ClN8O. The summed E-state index contributed by atoms with van der Waals surface area (Å²) in [5, 5.41) is 17.8. The number of aromatic nitrogens is 1. The van der Waals surface area contributed by atoms with E-state index in [0.717, 1.165) is 31.5 Å². The van der Waals surface area contributed by atoms with Gasteiger partial charge >= 0.3 is 0 Å². The van der Waals surface area contributed by atoms with Gasteiger partial charge in [-0.25, -0.2) is 9.98 Å². The molecule has 0 bridgehead atoms. The van der Waals surface area contributed by atoms with Crippen LogP contribution in [0.3, 0.4) is 0 Å². The highest BCUT2D eigenvalue weighted by Gasteiger charge is 2.09. The molecule has 9 nitrogen and oxygen atoms in total. The van der Waals surface area contributed by atoms with E-state index in [1.807, 2.05) is 19.0 Å². The smallest absolute Gasteiger partial charge is 0.232 e. The molecule has 0 radical (unpaired) electrons. The lowest BCUT2D eigenvalue weighted by atomic mass is 10.2. The third kappa shape index (κ3) is 9.60. The Kier molecular flexibility index (Phi) is 11.7. The van der Waals surface area contributed by atoms with Crippen LogP contribution in [0, 0.1) is 5.41 Å². The van der Waals surface area contributed by atoms with Gasteiger partial charge in [-0.2, -0.15) is 0 Å². The highest BCUT2D eigenvalue weighted by molar-refractivity contribution is 6.31. The highest BCUT2D eigenvalue weighted by atomic mass is 35.5. The van der Waals surface area contributed by atoms with Crippen molar-refractivity contribution in [3.05, 3.63) is 34.4 Å². The standard InChI is InChI=1S/C19H33ClN8O/c1-5-6-7-24-13-27-18(16(21)17(22)23-2)25-11-14-10-15(20)19(26-12-14)29-9-8-28(3)4/h10,12,22,24-25,27H,2,5-9,11,13,21H2,1,3-4H3/b18-16+,22-17?. The van der Waals surface area contributed by atoms with Crippen molar-refractivity contribution < 1.29 is 4.74 Å². The van der Waals surface area contributed by atoms with E-state index >= 15 is 0 Å². The minimum absolute atomic E-state index is 0.102. The second-order valence-corrected chi connectivity index (χ2v) is 7.05. The first-order valence-corrected chi connectivity index (χ1v) is 9.92. The summed E-state index contributed by atoms with van der Waals surface area (Å²) in [6.45, 7) is 8.58. The van der Waals surface area contributed by atoms with Crippen molar-refractivity contribution in [2.24, 2.45) is 10.7 Å². The first-order valence-electron chi connectivity index (χ1n) is 9.54.